The highest BCUT2D eigenvalue weighted by Crippen LogP contribution is 2.19. The second-order valence-electron chi connectivity index (χ2n) is 5.30. The van der Waals surface area contributed by atoms with E-state index in [0.717, 1.165) is 22.6 Å². The minimum atomic E-state index is -0.589. The topological polar surface area (TPSA) is 47.6 Å². The first-order valence-corrected chi connectivity index (χ1v) is 7.18. The van der Waals surface area contributed by atoms with Crippen molar-refractivity contribution in [3.63, 3.8) is 0 Å². The highest BCUT2D eigenvalue weighted by Gasteiger charge is 2.15. The molecule has 0 heterocycles. The summed E-state index contributed by atoms with van der Waals surface area (Å²) in [7, 11) is 1.61. The van der Waals surface area contributed by atoms with Crippen LogP contribution in [-0.2, 0) is 4.79 Å². The van der Waals surface area contributed by atoms with Crippen LogP contribution in [0, 0.1) is 13.8 Å². The van der Waals surface area contributed by atoms with Crippen LogP contribution >= 0.6 is 0 Å². The predicted molar refractivity (Wildman–Crippen MR) is 87.6 cm³/mol. The van der Waals surface area contributed by atoms with Crippen LogP contribution in [0.2, 0.25) is 0 Å². The number of methoxy groups -OCH3 is 1. The Balaban J connectivity index is 1.99. The van der Waals surface area contributed by atoms with Gasteiger partial charge in [0.15, 0.2) is 6.10 Å². The quantitative estimate of drug-likeness (QED) is 0.915. The smallest absolute Gasteiger partial charge is 0.265 e. The molecule has 1 N–H and O–H groups in total. The van der Waals surface area contributed by atoms with Crippen LogP contribution in [0.4, 0.5) is 5.69 Å². The van der Waals surface area contributed by atoms with E-state index >= 15 is 0 Å². The van der Waals surface area contributed by atoms with Gasteiger partial charge in [0.25, 0.3) is 5.91 Å². The van der Waals surface area contributed by atoms with Gasteiger partial charge in [0, 0.05) is 5.69 Å². The number of anilines is 1. The summed E-state index contributed by atoms with van der Waals surface area (Å²) < 4.78 is 10.7. The minimum absolute atomic E-state index is 0.180. The van der Waals surface area contributed by atoms with E-state index in [2.05, 4.69) is 11.4 Å². The molecule has 22 heavy (non-hydrogen) atoms. The lowest BCUT2D eigenvalue weighted by molar-refractivity contribution is -0.122. The SMILES string of the molecule is COc1ccc(OC(C)C(=O)Nc2cc(C)cc(C)c2)cc1. The lowest BCUT2D eigenvalue weighted by Crippen LogP contribution is -2.30. The van der Waals surface area contributed by atoms with E-state index in [9.17, 15) is 4.79 Å². The third kappa shape index (κ3) is 4.25. The molecule has 1 unspecified atom stereocenters. The predicted octanol–water partition coefficient (Wildman–Crippen LogP) is 3.72. The Morgan fingerprint density at radius 1 is 1.00 bits per heavy atom. The van der Waals surface area contributed by atoms with Gasteiger partial charge in [0.1, 0.15) is 11.5 Å². The molecule has 0 radical (unpaired) electrons. The van der Waals surface area contributed by atoms with Gasteiger partial charge in [-0.1, -0.05) is 6.07 Å². The Bertz CT molecular complexity index is 630. The lowest BCUT2D eigenvalue weighted by atomic mass is 10.1. The van der Waals surface area contributed by atoms with Crippen molar-refractivity contribution in [2.45, 2.75) is 26.9 Å². The van der Waals surface area contributed by atoms with E-state index in [1.54, 1.807) is 38.3 Å². The monoisotopic (exact) mass is 299 g/mol. The average molecular weight is 299 g/mol. The molecular formula is C18H21NO3. The summed E-state index contributed by atoms with van der Waals surface area (Å²) in [5.41, 5.74) is 3.01. The zero-order valence-electron chi connectivity index (χ0n) is 13.3. The molecule has 2 rings (SSSR count). The van der Waals surface area contributed by atoms with Crippen molar-refractivity contribution in [2.24, 2.45) is 0 Å². The second-order valence-corrected chi connectivity index (χ2v) is 5.30. The summed E-state index contributed by atoms with van der Waals surface area (Å²) in [6, 6.07) is 13.1. The number of benzene rings is 2. The third-order valence-corrected chi connectivity index (χ3v) is 3.23. The van der Waals surface area contributed by atoms with Crippen molar-refractivity contribution in [1.82, 2.24) is 0 Å². The number of hydrogen-bond donors (Lipinski definition) is 1. The number of carbonyl (C=O) groups excluding carboxylic acids is 1. The number of rotatable bonds is 5. The number of carbonyl (C=O) groups is 1. The highest BCUT2D eigenvalue weighted by atomic mass is 16.5. The maximum absolute atomic E-state index is 12.2. The Kier molecular flexibility index (Phi) is 5.04. The maximum Gasteiger partial charge on any atom is 0.265 e. The van der Waals surface area contributed by atoms with Gasteiger partial charge in [-0.15, -0.1) is 0 Å². The minimum Gasteiger partial charge on any atom is -0.497 e. The van der Waals surface area contributed by atoms with Gasteiger partial charge in [0.2, 0.25) is 0 Å². The van der Waals surface area contributed by atoms with Gasteiger partial charge in [-0.2, -0.15) is 0 Å². The summed E-state index contributed by atoms with van der Waals surface area (Å²) in [5.74, 6) is 1.20. The molecule has 1 atom stereocenters. The fraction of sp³-hybridized carbons (Fsp3) is 0.278. The van der Waals surface area contributed by atoms with E-state index in [-0.39, 0.29) is 5.91 Å². The molecule has 1 amide bonds. The highest BCUT2D eigenvalue weighted by molar-refractivity contribution is 5.94. The Morgan fingerprint density at radius 3 is 2.09 bits per heavy atom. The van der Waals surface area contributed by atoms with Crippen molar-refractivity contribution in [2.75, 3.05) is 12.4 Å². The van der Waals surface area contributed by atoms with E-state index in [1.807, 2.05) is 26.0 Å². The van der Waals surface area contributed by atoms with Crippen LogP contribution in [0.3, 0.4) is 0 Å². The fourth-order valence-electron chi connectivity index (χ4n) is 2.20. The molecule has 116 valence electrons. The zero-order chi connectivity index (χ0) is 16.1. The Morgan fingerprint density at radius 2 is 1.55 bits per heavy atom. The Hall–Kier alpha value is -2.49. The first-order chi connectivity index (χ1) is 10.5. The van der Waals surface area contributed by atoms with Gasteiger partial charge in [0.05, 0.1) is 7.11 Å². The van der Waals surface area contributed by atoms with E-state index in [0.29, 0.717) is 5.75 Å². The molecule has 2 aromatic carbocycles. The van der Waals surface area contributed by atoms with Crippen LogP contribution in [0.25, 0.3) is 0 Å². The first kappa shape index (κ1) is 15.9. The third-order valence-electron chi connectivity index (χ3n) is 3.23. The van der Waals surface area contributed by atoms with E-state index < -0.39 is 6.10 Å². The molecule has 0 fully saturated rings. The van der Waals surface area contributed by atoms with Crippen molar-refractivity contribution in [1.29, 1.82) is 0 Å². The molecule has 0 aliphatic rings. The summed E-state index contributed by atoms with van der Waals surface area (Å²) in [4.78, 5) is 12.2. The molecule has 0 aliphatic carbocycles. The van der Waals surface area contributed by atoms with Gasteiger partial charge >= 0.3 is 0 Å². The molecule has 2 aromatic rings. The molecule has 4 nitrogen and oxygen atoms in total. The second kappa shape index (κ2) is 6.98. The zero-order valence-corrected chi connectivity index (χ0v) is 13.3. The average Bonchev–Trinajstić information content (AvgIpc) is 2.46. The largest absolute Gasteiger partial charge is 0.497 e. The number of aryl methyl sites for hydroxylation is 2. The van der Waals surface area contributed by atoms with E-state index in [4.69, 9.17) is 9.47 Å². The first-order valence-electron chi connectivity index (χ1n) is 7.18. The molecule has 0 bridgehead atoms. The lowest BCUT2D eigenvalue weighted by Gasteiger charge is -2.15. The van der Waals surface area contributed by atoms with Crippen molar-refractivity contribution in [3.8, 4) is 11.5 Å². The molecule has 0 spiro atoms. The van der Waals surface area contributed by atoms with Gasteiger partial charge < -0.3 is 14.8 Å². The maximum atomic E-state index is 12.2. The summed E-state index contributed by atoms with van der Waals surface area (Å²) in [6.07, 6.45) is -0.589. The molecular weight excluding hydrogens is 278 g/mol. The van der Waals surface area contributed by atoms with Gasteiger partial charge in [-0.25, -0.2) is 0 Å². The Labute approximate surface area is 131 Å². The van der Waals surface area contributed by atoms with E-state index in [1.165, 1.54) is 0 Å². The van der Waals surface area contributed by atoms with Crippen LogP contribution in [0.5, 0.6) is 11.5 Å². The normalized spacial score (nSPS) is 11.6. The van der Waals surface area contributed by atoms with Crippen LogP contribution in [0.1, 0.15) is 18.1 Å². The standard InChI is InChI=1S/C18H21NO3/c1-12-9-13(2)11-15(10-12)19-18(20)14(3)22-17-7-5-16(21-4)6-8-17/h5-11,14H,1-4H3,(H,19,20). The molecule has 0 aromatic heterocycles. The van der Waals surface area contributed by atoms with Crippen molar-refractivity contribution >= 4 is 11.6 Å². The summed E-state index contributed by atoms with van der Waals surface area (Å²) in [5, 5.41) is 2.88. The van der Waals surface area contributed by atoms with Gasteiger partial charge in [-0.3, -0.25) is 4.79 Å². The molecule has 0 saturated heterocycles. The van der Waals surface area contributed by atoms with Crippen LogP contribution < -0.4 is 14.8 Å². The molecule has 0 aliphatic heterocycles. The molecule has 4 heteroatoms. The van der Waals surface area contributed by atoms with Crippen molar-refractivity contribution in [3.05, 3.63) is 53.6 Å². The fourth-order valence-corrected chi connectivity index (χ4v) is 2.20. The van der Waals surface area contributed by atoms with Crippen LogP contribution in [-0.4, -0.2) is 19.1 Å². The number of amides is 1. The van der Waals surface area contributed by atoms with Crippen LogP contribution in [0.15, 0.2) is 42.5 Å². The number of hydrogen-bond acceptors (Lipinski definition) is 3. The summed E-state index contributed by atoms with van der Waals surface area (Å²) >= 11 is 0. The number of ether oxygens (including phenoxy) is 2. The van der Waals surface area contributed by atoms with Gasteiger partial charge in [-0.05, 0) is 68.3 Å². The molecule has 0 saturated carbocycles. The number of nitrogens with one attached hydrogen (secondary N) is 1. The van der Waals surface area contributed by atoms with Crippen molar-refractivity contribution < 1.29 is 14.3 Å². The summed E-state index contributed by atoms with van der Waals surface area (Å²) in [6.45, 7) is 5.72.